The molecule has 34 heavy (non-hydrogen) atoms. The second-order valence-electron chi connectivity index (χ2n) is 8.83. The molecular weight excluding hydrogens is 445 g/mol. The van der Waals surface area contributed by atoms with Gasteiger partial charge in [0.05, 0.1) is 19.3 Å². The predicted octanol–water partition coefficient (Wildman–Crippen LogP) is 1.80. The molecule has 3 unspecified atom stereocenters. The lowest BCUT2D eigenvalue weighted by molar-refractivity contribution is -0.262. The zero-order chi connectivity index (χ0) is 23.9. The van der Waals surface area contributed by atoms with Crippen molar-refractivity contribution in [2.45, 2.75) is 55.7 Å². The monoisotopic (exact) mass is 473 g/mol. The lowest BCUT2D eigenvalue weighted by Crippen LogP contribution is -2.61. The van der Waals surface area contributed by atoms with Crippen LogP contribution in [0, 0.1) is 5.82 Å². The highest BCUT2D eigenvalue weighted by atomic mass is 19.1. The van der Waals surface area contributed by atoms with Gasteiger partial charge < -0.3 is 34.3 Å². The van der Waals surface area contributed by atoms with E-state index in [4.69, 9.17) is 18.9 Å². The molecule has 5 rings (SSSR count). The first-order valence-corrected chi connectivity index (χ1v) is 11.4. The third-order valence-electron chi connectivity index (χ3n) is 6.57. The topological polar surface area (TPSA) is 110 Å². The van der Waals surface area contributed by atoms with Gasteiger partial charge in [-0.05, 0) is 24.1 Å². The maximum absolute atomic E-state index is 15.3. The Balaban J connectivity index is 1.59. The van der Waals surface area contributed by atoms with Crippen molar-refractivity contribution in [3.05, 3.63) is 71.0 Å². The molecule has 7 atom stereocenters. The first kappa shape index (κ1) is 23.3. The van der Waals surface area contributed by atoms with E-state index >= 15 is 4.39 Å². The van der Waals surface area contributed by atoms with E-state index in [1.807, 2.05) is 30.3 Å². The number of benzene rings is 2. The Kier molecular flexibility index (Phi) is 6.41. The molecule has 0 aliphatic carbocycles. The van der Waals surface area contributed by atoms with Gasteiger partial charge in [-0.2, -0.15) is 0 Å². The van der Waals surface area contributed by atoms with Gasteiger partial charge in [-0.1, -0.05) is 36.4 Å². The Bertz CT molecular complexity index is 1040. The lowest BCUT2D eigenvalue weighted by Gasteiger charge is -2.44. The molecule has 3 heterocycles. The van der Waals surface area contributed by atoms with Crippen molar-refractivity contribution in [2.24, 2.45) is 4.99 Å². The number of hydrogen-bond donors (Lipinski definition) is 3. The van der Waals surface area contributed by atoms with Crippen LogP contribution in [0.25, 0.3) is 0 Å². The lowest BCUT2D eigenvalue weighted by atomic mass is 9.85. The third kappa shape index (κ3) is 4.02. The van der Waals surface area contributed by atoms with Crippen LogP contribution in [-0.2, 0) is 24.7 Å². The van der Waals surface area contributed by atoms with E-state index in [0.29, 0.717) is 25.2 Å². The number of nitrogens with zero attached hydrogens (tertiary/aromatic N) is 1. The van der Waals surface area contributed by atoms with Crippen molar-refractivity contribution in [3.63, 3.8) is 0 Å². The molecular formula is C25H28FNO7. The van der Waals surface area contributed by atoms with Gasteiger partial charge in [-0.3, -0.25) is 0 Å². The maximum atomic E-state index is 15.3. The summed E-state index contributed by atoms with van der Waals surface area (Å²) in [6, 6.07) is 13.7. The first-order valence-electron chi connectivity index (χ1n) is 11.4. The van der Waals surface area contributed by atoms with Crippen molar-refractivity contribution in [3.8, 4) is 0 Å². The number of fused-ring (bicyclic) bond motifs is 1. The number of halogens is 1. The summed E-state index contributed by atoms with van der Waals surface area (Å²) in [7, 11) is 0. The summed E-state index contributed by atoms with van der Waals surface area (Å²) < 4.78 is 38.8. The van der Waals surface area contributed by atoms with Crippen LogP contribution in [0.2, 0.25) is 0 Å². The fourth-order valence-corrected chi connectivity index (χ4v) is 4.86. The molecule has 3 aliphatic heterocycles. The minimum Gasteiger partial charge on any atom is -0.469 e. The molecule has 2 aromatic rings. The van der Waals surface area contributed by atoms with E-state index < -0.39 is 48.7 Å². The molecule has 182 valence electrons. The average molecular weight is 473 g/mol. The molecule has 0 amide bonds. The molecule has 0 saturated carbocycles. The van der Waals surface area contributed by atoms with Gasteiger partial charge in [0.15, 0.2) is 12.0 Å². The van der Waals surface area contributed by atoms with E-state index in [1.165, 1.54) is 12.1 Å². The summed E-state index contributed by atoms with van der Waals surface area (Å²) in [5, 5.41) is 30.9. The van der Waals surface area contributed by atoms with Gasteiger partial charge in [0.1, 0.15) is 30.2 Å². The minimum absolute atomic E-state index is 0.184. The number of aliphatic imine (C=N–C) groups is 1. The fraction of sp³-hybridized carbons (Fsp3) is 0.480. The molecule has 0 spiro atoms. The third-order valence-corrected chi connectivity index (χ3v) is 6.57. The number of aliphatic hydroxyl groups is 3. The van der Waals surface area contributed by atoms with Crippen molar-refractivity contribution >= 4 is 5.90 Å². The van der Waals surface area contributed by atoms with Gasteiger partial charge >= 0.3 is 0 Å². The van der Waals surface area contributed by atoms with Gasteiger partial charge in [0, 0.05) is 24.7 Å². The highest BCUT2D eigenvalue weighted by Crippen LogP contribution is 2.46. The normalized spacial score (nSPS) is 33.8. The SMILES string of the molecule is CC1=NC2(c3ccc(F)c(C(O[C@H]4CCOC4)c4ccccc4)c3)O[C@H](CO)[C@@H](O)[C@H](O)C2O1. The van der Waals surface area contributed by atoms with E-state index in [2.05, 4.69) is 4.99 Å². The van der Waals surface area contributed by atoms with Gasteiger partial charge in [0.25, 0.3) is 0 Å². The molecule has 9 heteroatoms. The molecule has 2 fully saturated rings. The van der Waals surface area contributed by atoms with E-state index in [9.17, 15) is 15.3 Å². The molecule has 2 aromatic carbocycles. The van der Waals surface area contributed by atoms with Crippen molar-refractivity contribution in [1.29, 1.82) is 0 Å². The van der Waals surface area contributed by atoms with Crippen molar-refractivity contribution in [2.75, 3.05) is 19.8 Å². The summed E-state index contributed by atoms with van der Waals surface area (Å²) in [6.45, 7) is 2.09. The molecule has 2 saturated heterocycles. The number of ether oxygens (including phenoxy) is 4. The fourth-order valence-electron chi connectivity index (χ4n) is 4.86. The molecule has 3 N–H and O–H groups in total. The van der Waals surface area contributed by atoms with Crippen LogP contribution in [0.1, 0.15) is 36.1 Å². The quantitative estimate of drug-likeness (QED) is 0.587. The van der Waals surface area contributed by atoms with Crippen LogP contribution in [0.4, 0.5) is 4.39 Å². The Morgan fingerprint density at radius 3 is 2.68 bits per heavy atom. The summed E-state index contributed by atoms with van der Waals surface area (Å²) >= 11 is 0. The van der Waals surface area contributed by atoms with Crippen LogP contribution in [0.5, 0.6) is 0 Å². The molecule has 0 bridgehead atoms. The zero-order valence-corrected chi connectivity index (χ0v) is 18.7. The van der Waals surface area contributed by atoms with Gasteiger partial charge in [-0.25, -0.2) is 9.38 Å². The summed E-state index contributed by atoms with van der Waals surface area (Å²) in [4.78, 5) is 4.51. The largest absolute Gasteiger partial charge is 0.469 e. The van der Waals surface area contributed by atoms with Crippen LogP contribution in [0.3, 0.4) is 0 Å². The van der Waals surface area contributed by atoms with Crippen LogP contribution in [-0.4, -0.2) is 71.6 Å². The van der Waals surface area contributed by atoms with E-state index in [0.717, 1.165) is 5.56 Å². The highest BCUT2D eigenvalue weighted by molar-refractivity contribution is 5.76. The zero-order valence-electron chi connectivity index (χ0n) is 18.7. The Morgan fingerprint density at radius 2 is 1.97 bits per heavy atom. The van der Waals surface area contributed by atoms with Crippen LogP contribution in [0.15, 0.2) is 53.5 Å². The summed E-state index contributed by atoms with van der Waals surface area (Å²) in [5.41, 5.74) is -0.0956. The van der Waals surface area contributed by atoms with E-state index in [-0.39, 0.29) is 17.6 Å². The van der Waals surface area contributed by atoms with E-state index in [1.54, 1.807) is 13.0 Å². The summed E-state index contributed by atoms with van der Waals surface area (Å²) in [6.07, 6.45) is -5.11. The molecule has 0 radical (unpaired) electrons. The second-order valence-corrected chi connectivity index (χ2v) is 8.83. The second kappa shape index (κ2) is 9.33. The molecule has 0 aromatic heterocycles. The van der Waals surface area contributed by atoms with Crippen molar-refractivity contribution in [1.82, 2.24) is 0 Å². The van der Waals surface area contributed by atoms with Crippen molar-refractivity contribution < 1.29 is 38.7 Å². The minimum atomic E-state index is -1.56. The Morgan fingerprint density at radius 1 is 1.18 bits per heavy atom. The number of hydrogen-bond acceptors (Lipinski definition) is 8. The summed E-state index contributed by atoms with van der Waals surface area (Å²) in [5.74, 6) is -0.223. The number of rotatable bonds is 6. The number of aliphatic hydroxyl groups excluding tert-OH is 3. The van der Waals surface area contributed by atoms with Gasteiger partial charge in [0.2, 0.25) is 5.72 Å². The molecule has 8 nitrogen and oxygen atoms in total. The highest BCUT2D eigenvalue weighted by Gasteiger charge is 2.59. The van der Waals surface area contributed by atoms with Gasteiger partial charge in [-0.15, -0.1) is 0 Å². The first-order chi connectivity index (χ1) is 16.4. The molecule has 3 aliphatic rings. The Hall–Kier alpha value is -2.40. The maximum Gasteiger partial charge on any atom is 0.228 e. The smallest absolute Gasteiger partial charge is 0.228 e. The van der Waals surface area contributed by atoms with Crippen LogP contribution >= 0.6 is 0 Å². The van der Waals surface area contributed by atoms with Crippen LogP contribution < -0.4 is 0 Å². The standard InChI is InChI=1S/C25H28FNO7/c1-14-27-25(24(32-14)22(30)21(29)20(12-28)34-25)16-7-8-19(26)18(11-16)23(15-5-3-2-4-6-15)33-17-9-10-31-13-17/h2-8,11,17,20-24,28-30H,9-10,12-13H2,1H3/t17-,20+,21+,22-,23?,24?,25?/m0/s1. The Labute approximate surface area is 196 Å². The predicted molar refractivity (Wildman–Crippen MR) is 119 cm³/mol. The average Bonchev–Trinajstić information content (AvgIpc) is 3.49.